The highest BCUT2D eigenvalue weighted by Crippen LogP contribution is 2.20. The third-order valence-corrected chi connectivity index (χ3v) is 4.66. The monoisotopic (exact) mass is 296 g/mol. The standard InChI is InChI=1S/C16H32N4O/c1-2-20-11-5-7-14(20)13-19-16(17)18-10-6-12-21-15-8-3-4-9-15/h14-15H,2-13H2,1H3,(H3,17,18,19). The lowest BCUT2D eigenvalue weighted by molar-refractivity contribution is 0.0574. The van der Waals surface area contributed by atoms with Crippen molar-refractivity contribution in [2.45, 2.75) is 64.0 Å². The van der Waals surface area contributed by atoms with Crippen molar-refractivity contribution in [1.29, 1.82) is 0 Å². The molecule has 0 amide bonds. The molecule has 1 heterocycles. The Morgan fingerprint density at radius 1 is 1.29 bits per heavy atom. The van der Waals surface area contributed by atoms with Gasteiger partial charge in [-0.3, -0.25) is 9.89 Å². The molecule has 2 aliphatic rings. The molecule has 5 heteroatoms. The lowest BCUT2D eigenvalue weighted by atomic mass is 10.2. The quantitative estimate of drug-likeness (QED) is 0.407. The van der Waals surface area contributed by atoms with Crippen LogP contribution in [0.2, 0.25) is 0 Å². The van der Waals surface area contributed by atoms with Gasteiger partial charge in [0.1, 0.15) is 0 Å². The van der Waals surface area contributed by atoms with Crippen LogP contribution in [0, 0.1) is 0 Å². The molecule has 0 aromatic rings. The fourth-order valence-electron chi connectivity index (χ4n) is 3.37. The van der Waals surface area contributed by atoms with Gasteiger partial charge in [-0.2, -0.15) is 0 Å². The maximum atomic E-state index is 5.92. The van der Waals surface area contributed by atoms with Crippen LogP contribution in [-0.4, -0.2) is 55.8 Å². The summed E-state index contributed by atoms with van der Waals surface area (Å²) in [5.74, 6) is 0.582. The Labute approximate surface area is 129 Å². The maximum absolute atomic E-state index is 5.92. The van der Waals surface area contributed by atoms with Gasteiger partial charge in [-0.15, -0.1) is 0 Å². The highest BCUT2D eigenvalue weighted by atomic mass is 16.5. The van der Waals surface area contributed by atoms with E-state index < -0.39 is 0 Å². The molecule has 0 spiro atoms. The van der Waals surface area contributed by atoms with E-state index in [9.17, 15) is 0 Å². The van der Waals surface area contributed by atoms with Gasteiger partial charge in [-0.05, 0) is 45.2 Å². The van der Waals surface area contributed by atoms with Gasteiger partial charge in [-0.1, -0.05) is 19.8 Å². The summed E-state index contributed by atoms with van der Waals surface area (Å²) in [6.45, 7) is 7.05. The molecule has 21 heavy (non-hydrogen) atoms. The zero-order valence-corrected chi connectivity index (χ0v) is 13.5. The lowest BCUT2D eigenvalue weighted by Crippen LogP contribution is -2.36. The number of ether oxygens (including phenoxy) is 1. The third-order valence-electron chi connectivity index (χ3n) is 4.66. The van der Waals surface area contributed by atoms with Crippen molar-refractivity contribution in [2.24, 2.45) is 10.7 Å². The van der Waals surface area contributed by atoms with Crippen molar-refractivity contribution in [3.05, 3.63) is 0 Å². The van der Waals surface area contributed by atoms with Gasteiger partial charge in [0.25, 0.3) is 0 Å². The zero-order valence-electron chi connectivity index (χ0n) is 13.5. The maximum Gasteiger partial charge on any atom is 0.188 e. The topological polar surface area (TPSA) is 62.9 Å². The molecule has 1 saturated heterocycles. The van der Waals surface area contributed by atoms with E-state index in [1.165, 1.54) is 45.1 Å². The number of nitrogens with one attached hydrogen (secondary N) is 1. The van der Waals surface area contributed by atoms with Crippen molar-refractivity contribution in [1.82, 2.24) is 10.2 Å². The molecule has 0 bridgehead atoms. The summed E-state index contributed by atoms with van der Waals surface area (Å²) < 4.78 is 5.83. The number of hydrogen-bond acceptors (Lipinski definition) is 3. The summed E-state index contributed by atoms with van der Waals surface area (Å²) in [6, 6.07) is 0.584. The first-order valence-electron chi connectivity index (χ1n) is 8.69. The van der Waals surface area contributed by atoms with Crippen molar-refractivity contribution >= 4 is 5.96 Å². The molecule has 1 atom stereocenters. The third kappa shape index (κ3) is 5.83. The number of nitrogens with two attached hydrogens (primary N) is 1. The summed E-state index contributed by atoms with van der Waals surface area (Å²) in [6.07, 6.45) is 9.20. The number of hydrogen-bond donors (Lipinski definition) is 2. The summed E-state index contributed by atoms with van der Waals surface area (Å²) >= 11 is 0. The Morgan fingerprint density at radius 2 is 2.10 bits per heavy atom. The second-order valence-corrected chi connectivity index (χ2v) is 6.21. The van der Waals surface area contributed by atoms with Crippen molar-refractivity contribution in [3.8, 4) is 0 Å². The van der Waals surface area contributed by atoms with E-state index in [2.05, 4.69) is 22.1 Å². The van der Waals surface area contributed by atoms with Gasteiger partial charge in [0, 0.05) is 19.2 Å². The number of aliphatic imine (C=N–C) groups is 1. The normalized spacial score (nSPS) is 24.8. The van der Waals surface area contributed by atoms with E-state index in [4.69, 9.17) is 10.5 Å². The first kappa shape index (κ1) is 16.6. The Balaban J connectivity index is 1.52. The van der Waals surface area contributed by atoms with Crippen LogP contribution in [0.1, 0.15) is 51.9 Å². The Morgan fingerprint density at radius 3 is 2.86 bits per heavy atom. The van der Waals surface area contributed by atoms with E-state index >= 15 is 0 Å². The van der Waals surface area contributed by atoms with Crippen LogP contribution >= 0.6 is 0 Å². The molecule has 1 aliphatic heterocycles. The minimum Gasteiger partial charge on any atom is -0.378 e. The number of likely N-dealkylation sites (N-methyl/N-ethyl adjacent to an activating group) is 1. The van der Waals surface area contributed by atoms with Gasteiger partial charge in [0.15, 0.2) is 5.96 Å². The predicted octanol–water partition coefficient (Wildman–Crippen LogP) is 1.72. The van der Waals surface area contributed by atoms with Crippen molar-refractivity contribution < 1.29 is 4.74 Å². The summed E-state index contributed by atoms with van der Waals surface area (Å²) in [5.41, 5.74) is 5.92. The van der Waals surface area contributed by atoms with E-state index in [0.29, 0.717) is 18.1 Å². The van der Waals surface area contributed by atoms with Gasteiger partial charge in [-0.25, -0.2) is 0 Å². The molecule has 122 valence electrons. The highest BCUT2D eigenvalue weighted by molar-refractivity contribution is 5.77. The number of guanidine groups is 1. The molecule has 2 rings (SSSR count). The van der Waals surface area contributed by atoms with Crippen LogP contribution in [0.4, 0.5) is 0 Å². The molecule has 0 radical (unpaired) electrons. The van der Waals surface area contributed by atoms with E-state index in [1.54, 1.807) is 0 Å². The molecule has 1 unspecified atom stereocenters. The molecular weight excluding hydrogens is 264 g/mol. The highest BCUT2D eigenvalue weighted by Gasteiger charge is 2.22. The molecule has 1 aliphatic carbocycles. The second-order valence-electron chi connectivity index (χ2n) is 6.21. The molecule has 2 fully saturated rings. The van der Waals surface area contributed by atoms with E-state index in [1.807, 2.05) is 0 Å². The first-order valence-corrected chi connectivity index (χ1v) is 8.69. The Kier molecular flexibility index (Phi) is 7.30. The van der Waals surface area contributed by atoms with Crippen LogP contribution in [0.25, 0.3) is 0 Å². The summed E-state index contributed by atoms with van der Waals surface area (Å²) in [5, 5.41) is 3.19. The molecule has 5 nitrogen and oxygen atoms in total. The van der Waals surface area contributed by atoms with Crippen molar-refractivity contribution in [3.63, 3.8) is 0 Å². The minimum atomic E-state index is 0.512. The molecule has 0 aromatic heterocycles. The van der Waals surface area contributed by atoms with Crippen LogP contribution in [0.3, 0.4) is 0 Å². The fourth-order valence-corrected chi connectivity index (χ4v) is 3.37. The number of rotatable bonds is 8. The van der Waals surface area contributed by atoms with Crippen LogP contribution in [0.15, 0.2) is 4.99 Å². The van der Waals surface area contributed by atoms with Crippen LogP contribution in [-0.2, 0) is 4.74 Å². The number of nitrogens with zero attached hydrogens (tertiary/aromatic N) is 2. The average Bonchev–Trinajstić information content (AvgIpc) is 3.15. The smallest absolute Gasteiger partial charge is 0.188 e. The molecular formula is C16H32N4O. The van der Waals surface area contributed by atoms with E-state index in [-0.39, 0.29) is 0 Å². The van der Waals surface area contributed by atoms with Crippen LogP contribution in [0.5, 0.6) is 0 Å². The lowest BCUT2D eigenvalue weighted by Gasteiger charge is -2.21. The molecule has 3 N–H and O–H groups in total. The van der Waals surface area contributed by atoms with E-state index in [0.717, 1.165) is 32.7 Å². The van der Waals surface area contributed by atoms with Gasteiger partial charge in [0.2, 0.25) is 0 Å². The zero-order chi connectivity index (χ0) is 14.9. The average molecular weight is 296 g/mol. The predicted molar refractivity (Wildman–Crippen MR) is 87.6 cm³/mol. The summed E-state index contributed by atoms with van der Waals surface area (Å²) in [7, 11) is 0. The van der Waals surface area contributed by atoms with Gasteiger partial charge < -0.3 is 15.8 Å². The minimum absolute atomic E-state index is 0.512. The van der Waals surface area contributed by atoms with Gasteiger partial charge >= 0.3 is 0 Å². The molecule has 0 aromatic carbocycles. The second kappa shape index (κ2) is 9.26. The Bertz CT molecular complexity index is 315. The van der Waals surface area contributed by atoms with Crippen molar-refractivity contribution in [2.75, 3.05) is 32.8 Å². The number of likely N-dealkylation sites (tertiary alicyclic amines) is 1. The molecule has 1 saturated carbocycles. The first-order chi connectivity index (χ1) is 10.3. The van der Waals surface area contributed by atoms with Gasteiger partial charge in [0.05, 0.1) is 12.6 Å². The van der Waals surface area contributed by atoms with Crippen LogP contribution < -0.4 is 11.1 Å². The SMILES string of the molecule is CCN1CCCC1CN=C(N)NCCCOC1CCCC1. The fraction of sp³-hybridized carbons (Fsp3) is 0.938. The summed E-state index contributed by atoms with van der Waals surface area (Å²) in [4.78, 5) is 6.97. The Hall–Kier alpha value is -0.810. The largest absolute Gasteiger partial charge is 0.378 e.